The maximum Gasteiger partial charge on any atom is 0.235 e. The minimum absolute atomic E-state index is 0.113. The molecule has 0 aliphatic rings. The number of carbonyl (C=O) groups is 2. The van der Waals surface area contributed by atoms with Gasteiger partial charge in [-0.25, -0.2) is 0 Å². The number of hydrogen-bond acceptors (Lipinski definition) is 8. The molecular weight excluding hydrogens is 354 g/mol. The van der Waals surface area contributed by atoms with Gasteiger partial charge in [-0.2, -0.15) is 0 Å². The summed E-state index contributed by atoms with van der Waals surface area (Å²) in [5.74, 6) is -0.0197. The van der Waals surface area contributed by atoms with Crippen LogP contribution in [0.25, 0.3) is 0 Å². The Kier molecular flexibility index (Phi) is 6.68. The first kappa shape index (κ1) is 17.6. The van der Waals surface area contributed by atoms with Gasteiger partial charge in [-0.05, 0) is 30.5 Å². The third-order valence-electron chi connectivity index (χ3n) is 2.44. The molecular formula is C13H15N5O2S3. The second-order valence-corrected chi connectivity index (χ2v) is 7.51. The topological polar surface area (TPSA) is 96.0 Å². The molecule has 122 valence electrons. The van der Waals surface area contributed by atoms with Crippen molar-refractivity contribution >= 4 is 58.0 Å². The highest BCUT2D eigenvalue weighted by Crippen LogP contribution is 2.27. The van der Waals surface area contributed by atoms with E-state index in [4.69, 9.17) is 0 Å². The van der Waals surface area contributed by atoms with Crippen LogP contribution in [0.2, 0.25) is 0 Å². The van der Waals surface area contributed by atoms with Gasteiger partial charge in [-0.3, -0.25) is 20.4 Å². The normalized spacial score (nSPS) is 10.2. The largest absolute Gasteiger partial charge is 0.325 e. The number of anilines is 2. The molecule has 0 spiro atoms. The van der Waals surface area contributed by atoms with Crippen LogP contribution in [0.5, 0.6) is 0 Å². The number of benzene rings is 1. The van der Waals surface area contributed by atoms with Gasteiger partial charge in [0.25, 0.3) is 0 Å². The van der Waals surface area contributed by atoms with Gasteiger partial charge < -0.3 is 5.32 Å². The maximum atomic E-state index is 11.9. The standard InChI is InChI=1S/C13H15N5O2S3/c1-8(19)15-16-10-5-3-9(4-6-10)14-11(20)7-22-13-18-17-12(21-2)23-13/h3-6,16H,7H2,1-2H3,(H,14,20)(H,15,19). The van der Waals surface area contributed by atoms with Gasteiger partial charge in [0.05, 0.1) is 11.4 Å². The summed E-state index contributed by atoms with van der Waals surface area (Å²) < 4.78 is 1.66. The van der Waals surface area contributed by atoms with Gasteiger partial charge in [-0.1, -0.05) is 34.9 Å². The Labute approximate surface area is 146 Å². The fraction of sp³-hybridized carbons (Fsp3) is 0.231. The zero-order valence-electron chi connectivity index (χ0n) is 12.5. The monoisotopic (exact) mass is 369 g/mol. The zero-order valence-corrected chi connectivity index (χ0v) is 14.9. The second-order valence-electron chi connectivity index (χ2n) is 4.26. The second kappa shape index (κ2) is 8.75. The number of hydrazine groups is 1. The number of nitrogens with one attached hydrogen (secondary N) is 3. The Bertz CT molecular complexity index is 675. The van der Waals surface area contributed by atoms with Crippen LogP contribution in [-0.4, -0.2) is 34.0 Å². The first-order chi connectivity index (χ1) is 11.1. The van der Waals surface area contributed by atoms with E-state index in [1.165, 1.54) is 41.8 Å². The fourth-order valence-corrected chi connectivity index (χ4v) is 3.70. The van der Waals surface area contributed by atoms with E-state index in [2.05, 4.69) is 26.4 Å². The van der Waals surface area contributed by atoms with Crippen LogP contribution in [0.1, 0.15) is 6.92 Å². The molecule has 2 rings (SSSR count). The number of rotatable bonds is 7. The first-order valence-electron chi connectivity index (χ1n) is 6.49. The van der Waals surface area contributed by atoms with Crippen molar-refractivity contribution in [2.75, 3.05) is 22.8 Å². The molecule has 3 N–H and O–H groups in total. The van der Waals surface area contributed by atoms with Crippen LogP contribution < -0.4 is 16.2 Å². The van der Waals surface area contributed by atoms with Gasteiger partial charge in [0, 0.05) is 12.6 Å². The Balaban J connectivity index is 1.79. The number of amides is 2. The third kappa shape index (κ3) is 6.08. The maximum absolute atomic E-state index is 11.9. The van der Waals surface area contributed by atoms with E-state index in [0.29, 0.717) is 5.69 Å². The van der Waals surface area contributed by atoms with E-state index in [1.807, 2.05) is 6.26 Å². The van der Waals surface area contributed by atoms with Gasteiger partial charge in [0.15, 0.2) is 8.68 Å². The number of hydrogen-bond donors (Lipinski definition) is 3. The van der Waals surface area contributed by atoms with Crippen molar-refractivity contribution in [3.05, 3.63) is 24.3 Å². The molecule has 23 heavy (non-hydrogen) atoms. The van der Waals surface area contributed by atoms with Crippen LogP contribution in [-0.2, 0) is 9.59 Å². The van der Waals surface area contributed by atoms with Crippen LogP contribution in [0.4, 0.5) is 11.4 Å². The summed E-state index contributed by atoms with van der Waals surface area (Å²) in [6.07, 6.45) is 1.94. The molecule has 2 aromatic rings. The summed E-state index contributed by atoms with van der Waals surface area (Å²) in [7, 11) is 0. The molecule has 0 fully saturated rings. The summed E-state index contributed by atoms with van der Waals surface area (Å²) >= 11 is 4.36. The molecule has 0 aliphatic carbocycles. The van der Waals surface area contributed by atoms with Crippen molar-refractivity contribution in [2.24, 2.45) is 0 Å². The predicted octanol–water partition coefficient (Wildman–Crippen LogP) is 2.45. The minimum Gasteiger partial charge on any atom is -0.325 e. The Morgan fingerprint density at radius 1 is 1.13 bits per heavy atom. The van der Waals surface area contributed by atoms with E-state index in [9.17, 15) is 9.59 Å². The van der Waals surface area contributed by atoms with Crippen LogP contribution in [0.15, 0.2) is 32.9 Å². The number of aromatic nitrogens is 2. The molecule has 1 aromatic heterocycles. The summed E-state index contributed by atoms with van der Waals surface area (Å²) in [6.45, 7) is 1.42. The molecule has 7 nitrogen and oxygen atoms in total. The highest BCUT2D eigenvalue weighted by molar-refractivity contribution is 8.03. The SMILES string of the molecule is CSc1nnc(SCC(=O)Nc2ccc(NNC(C)=O)cc2)s1. The molecule has 0 saturated heterocycles. The average molecular weight is 369 g/mol. The Hall–Kier alpha value is -1.78. The van der Waals surface area contributed by atoms with Crippen molar-refractivity contribution < 1.29 is 9.59 Å². The molecule has 0 radical (unpaired) electrons. The fourth-order valence-electron chi connectivity index (χ4n) is 1.46. The average Bonchev–Trinajstić information content (AvgIpc) is 3.00. The lowest BCUT2D eigenvalue weighted by atomic mass is 10.3. The van der Waals surface area contributed by atoms with Crippen LogP contribution in [0.3, 0.4) is 0 Å². The molecule has 0 unspecified atom stereocenters. The molecule has 0 saturated carbocycles. The van der Waals surface area contributed by atoms with E-state index >= 15 is 0 Å². The van der Waals surface area contributed by atoms with Crippen LogP contribution >= 0.6 is 34.9 Å². The van der Waals surface area contributed by atoms with Gasteiger partial charge >= 0.3 is 0 Å². The molecule has 0 bridgehead atoms. The highest BCUT2D eigenvalue weighted by Gasteiger charge is 2.08. The zero-order chi connectivity index (χ0) is 16.7. The predicted molar refractivity (Wildman–Crippen MR) is 94.9 cm³/mol. The minimum atomic E-state index is -0.180. The molecule has 1 aromatic carbocycles. The smallest absolute Gasteiger partial charge is 0.235 e. The van der Waals surface area contributed by atoms with Gasteiger partial charge in [-0.15, -0.1) is 10.2 Å². The van der Waals surface area contributed by atoms with E-state index < -0.39 is 0 Å². The summed E-state index contributed by atoms with van der Waals surface area (Å²) in [5, 5.41) is 10.8. The molecule has 10 heteroatoms. The van der Waals surface area contributed by atoms with Gasteiger partial charge in [0.1, 0.15) is 0 Å². The molecule has 2 amide bonds. The van der Waals surface area contributed by atoms with E-state index in [-0.39, 0.29) is 17.6 Å². The first-order valence-corrected chi connectivity index (χ1v) is 9.52. The van der Waals surface area contributed by atoms with Crippen molar-refractivity contribution in [1.82, 2.24) is 15.6 Å². The lowest BCUT2D eigenvalue weighted by Gasteiger charge is -2.08. The van der Waals surface area contributed by atoms with Gasteiger partial charge in [0.2, 0.25) is 11.8 Å². The number of carbonyl (C=O) groups excluding carboxylic acids is 2. The lowest BCUT2D eigenvalue weighted by Crippen LogP contribution is -2.26. The van der Waals surface area contributed by atoms with E-state index in [1.54, 1.807) is 24.3 Å². The lowest BCUT2D eigenvalue weighted by molar-refractivity contribution is -0.118. The third-order valence-corrected chi connectivity index (χ3v) is 5.47. The number of thioether (sulfide) groups is 2. The Morgan fingerprint density at radius 3 is 2.39 bits per heavy atom. The summed E-state index contributed by atoms with van der Waals surface area (Å²) in [4.78, 5) is 22.7. The van der Waals surface area contributed by atoms with Crippen molar-refractivity contribution in [3.63, 3.8) is 0 Å². The number of nitrogens with zero attached hydrogens (tertiary/aromatic N) is 2. The quantitative estimate of drug-likeness (QED) is 0.509. The van der Waals surface area contributed by atoms with Crippen molar-refractivity contribution in [1.29, 1.82) is 0 Å². The summed E-state index contributed by atoms with van der Waals surface area (Å²) in [5.41, 5.74) is 6.64. The van der Waals surface area contributed by atoms with E-state index in [0.717, 1.165) is 14.4 Å². The molecule has 0 aliphatic heterocycles. The van der Waals surface area contributed by atoms with Crippen molar-refractivity contribution in [2.45, 2.75) is 15.6 Å². The van der Waals surface area contributed by atoms with Crippen LogP contribution in [0, 0.1) is 0 Å². The van der Waals surface area contributed by atoms with Crippen molar-refractivity contribution in [3.8, 4) is 0 Å². The molecule has 0 atom stereocenters. The summed E-state index contributed by atoms with van der Waals surface area (Å²) in [6, 6.07) is 7.02. The Morgan fingerprint density at radius 2 is 1.78 bits per heavy atom. The highest BCUT2D eigenvalue weighted by atomic mass is 32.2. The molecule has 1 heterocycles.